The van der Waals surface area contributed by atoms with Crippen molar-refractivity contribution in [1.82, 2.24) is 10.2 Å². The van der Waals surface area contributed by atoms with Crippen molar-refractivity contribution in [2.75, 3.05) is 0 Å². The Bertz CT molecular complexity index is 1880. The first-order valence-corrected chi connectivity index (χ1v) is 25.2. The molecule has 0 bridgehead atoms. The molecule has 1 aliphatic heterocycles. The molecule has 3 heteroatoms. The number of ether oxygens (including phenoxy) is 1. The molecule has 0 radical (unpaired) electrons. The summed E-state index contributed by atoms with van der Waals surface area (Å²) in [6, 6.07) is 2.02. The van der Waals surface area contributed by atoms with E-state index in [2.05, 4.69) is 89.2 Å². The lowest BCUT2D eigenvalue weighted by molar-refractivity contribution is -0.0231. The van der Waals surface area contributed by atoms with E-state index in [1.54, 1.807) is 11.3 Å². The number of allylic oxidation sites excluding steroid dienone is 11. The highest BCUT2D eigenvalue weighted by molar-refractivity contribution is 5.48. The minimum atomic E-state index is 0.163. The summed E-state index contributed by atoms with van der Waals surface area (Å²) >= 11 is 0. The Morgan fingerprint density at radius 3 is 2.36 bits per heavy atom. The van der Waals surface area contributed by atoms with Crippen LogP contribution in [0.4, 0.5) is 0 Å². The first-order valence-electron chi connectivity index (χ1n) is 25.2. The van der Waals surface area contributed by atoms with Gasteiger partial charge in [-0.25, -0.2) is 0 Å². The van der Waals surface area contributed by atoms with Gasteiger partial charge in [0.1, 0.15) is 11.9 Å². The van der Waals surface area contributed by atoms with Crippen LogP contribution in [-0.4, -0.2) is 35.2 Å². The number of rotatable bonds is 6. The van der Waals surface area contributed by atoms with E-state index in [-0.39, 0.29) is 12.1 Å². The molecule has 0 aromatic carbocycles. The number of nitrogens with zero attached hydrogens (tertiary/aromatic N) is 1. The quantitative estimate of drug-likeness (QED) is 0.272. The lowest BCUT2D eigenvalue weighted by Crippen LogP contribution is -2.53. The molecule has 11 aliphatic carbocycles. The maximum atomic E-state index is 6.86. The second-order valence-corrected chi connectivity index (χ2v) is 21.4. The summed E-state index contributed by atoms with van der Waals surface area (Å²) in [5.74, 6) is 8.87. The predicted octanol–water partition coefficient (Wildman–Crippen LogP) is 12.8. The van der Waals surface area contributed by atoms with Crippen LogP contribution in [0.2, 0.25) is 0 Å². The Morgan fingerprint density at radius 2 is 1.48 bits per heavy atom. The van der Waals surface area contributed by atoms with Crippen LogP contribution < -0.4 is 5.32 Å². The highest BCUT2D eigenvalue weighted by Crippen LogP contribution is 2.77. The smallest absolute Gasteiger partial charge is 0.147 e. The van der Waals surface area contributed by atoms with Crippen LogP contribution in [-0.2, 0) is 4.74 Å². The Hall–Kier alpha value is -2.78. The summed E-state index contributed by atoms with van der Waals surface area (Å²) in [6.07, 6.45) is 63.1. The molecule has 1 spiro atoms. The lowest BCUT2D eigenvalue weighted by Gasteiger charge is -2.53. The first-order chi connectivity index (χ1) is 28.8. The summed E-state index contributed by atoms with van der Waals surface area (Å²) in [7, 11) is 0. The Kier molecular flexibility index (Phi) is 9.76. The molecular formula is C55H72N2O. The molecule has 1 N–H and O–H groups in total. The fraction of sp³-hybridized carbons (Fsp3) is 0.673. The molecule has 0 amide bonds. The van der Waals surface area contributed by atoms with Crippen molar-refractivity contribution in [2.45, 2.75) is 172 Å². The SMILES string of the molecule is C1=CCC(N(C2C=CC3C4CCCCC4C4(C5C=CCC(C6=C(NC7C=CC=C8C9=C(CCCC9)OC87)CCCC6)C5[C@@H]5CCCCC54)C3C2)C2CC=CCC2)C=C1. The average Bonchev–Trinajstić information content (AvgIpc) is 3.92. The van der Waals surface area contributed by atoms with Gasteiger partial charge in [-0.15, -0.1) is 0 Å². The van der Waals surface area contributed by atoms with Gasteiger partial charge >= 0.3 is 0 Å². The van der Waals surface area contributed by atoms with Gasteiger partial charge in [0.2, 0.25) is 0 Å². The standard InChI is InChI=1S/C55H72N2O/c1-3-17-36(18-4-1)57(37-19-5-2-6-20-37)38-33-34-40-39-21-7-11-27-46(39)55(49(40)35-38)47-28-12-8-24-45(47)53-43(25-15-29-48(53)55)41-22-9-13-30-50(41)56-51-31-16-26-44-42-23-10-14-32-52(42)58-54(44)51/h1-5,15-17,26,29,31,33-34,36-40,43,45-49,51,53-54,56H,6-14,18-25,27-28,30,32,35H2/t36?,37?,38?,39?,40?,43?,45-,46?,47?,48?,49?,51?,53?,54?,55?/m1/s1. The highest BCUT2D eigenvalue weighted by Gasteiger charge is 2.72. The van der Waals surface area contributed by atoms with E-state index < -0.39 is 0 Å². The third-order valence-electron chi connectivity index (χ3n) is 19.2. The maximum absolute atomic E-state index is 6.86. The normalized spacial score (nSPS) is 46.1. The van der Waals surface area contributed by atoms with Gasteiger partial charge < -0.3 is 10.1 Å². The Labute approximate surface area is 351 Å². The van der Waals surface area contributed by atoms with Crippen molar-refractivity contribution < 1.29 is 4.74 Å². The van der Waals surface area contributed by atoms with E-state index in [0.29, 0.717) is 29.5 Å². The van der Waals surface area contributed by atoms with Crippen LogP contribution in [0.15, 0.2) is 107 Å². The van der Waals surface area contributed by atoms with Gasteiger partial charge in [-0.05, 0) is 179 Å². The average molecular weight is 777 g/mol. The molecule has 0 saturated heterocycles. The van der Waals surface area contributed by atoms with Gasteiger partial charge in [-0.3, -0.25) is 4.90 Å². The fourth-order valence-corrected chi connectivity index (χ4v) is 17.5. The molecule has 15 atom stereocenters. The van der Waals surface area contributed by atoms with Crippen LogP contribution in [0.1, 0.15) is 141 Å². The van der Waals surface area contributed by atoms with E-state index in [0.717, 1.165) is 53.8 Å². The lowest BCUT2D eigenvalue weighted by atomic mass is 9.53. The molecule has 0 aromatic rings. The highest BCUT2D eigenvalue weighted by atomic mass is 16.5. The zero-order valence-electron chi connectivity index (χ0n) is 35.5. The topological polar surface area (TPSA) is 24.5 Å². The van der Waals surface area contributed by atoms with Gasteiger partial charge in [0.15, 0.2) is 0 Å². The van der Waals surface area contributed by atoms with Gasteiger partial charge in [0.25, 0.3) is 0 Å². The number of hydrogen-bond donors (Lipinski definition) is 1. The largest absolute Gasteiger partial charge is 0.487 e. The zero-order chi connectivity index (χ0) is 38.2. The maximum Gasteiger partial charge on any atom is 0.147 e. The summed E-state index contributed by atoms with van der Waals surface area (Å²) in [5, 5.41) is 4.32. The van der Waals surface area contributed by atoms with Crippen molar-refractivity contribution in [3.63, 3.8) is 0 Å². The summed E-state index contributed by atoms with van der Waals surface area (Å²) in [5.41, 5.74) is 7.00. The zero-order valence-corrected chi connectivity index (χ0v) is 35.5. The summed E-state index contributed by atoms with van der Waals surface area (Å²) < 4.78 is 6.86. The van der Waals surface area contributed by atoms with Crippen LogP contribution in [0.3, 0.4) is 0 Å². The van der Waals surface area contributed by atoms with E-state index in [4.69, 9.17) is 4.74 Å². The van der Waals surface area contributed by atoms with Gasteiger partial charge in [0, 0.05) is 35.8 Å². The van der Waals surface area contributed by atoms with E-state index in [1.807, 2.05) is 5.57 Å². The van der Waals surface area contributed by atoms with Crippen molar-refractivity contribution >= 4 is 0 Å². The first kappa shape index (κ1) is 37.0. The molecular weight excluding hydrogens is 705 g/mol. The van der Waals surface area contributed by atoms with E-state index in [9.17, 15) is 0 Å². The van der Waals surface area contributed by atoms with Gasteiger partial charge in [-0.1, -0.05) is 105 Å². The molecule has 0 aromatic heterocycles. The monoisotopic (exact) mass is 777 g/mol. The predicted molar refractivity (Wildman–Crippen MR) is 237 cm³/mol. The van der Waals surface area contributed by atoms with Gasteiger partial charge in [-0.2, -0.15) is 0 Å². The fourth-order valence-electron chi connectivity index (χ4n) is 17.5. The third-order valence-corrected chi connectivity index (χ3v) is 19.2. The molecule has 58 heavy (non-hydrogen) atoms. The van der Waals surface area contributed by atoms with Crippen molar-refractivity contribution in [2.24, 2.45) is 58.7 Å². The molecule has 12 rings (SSSR count). The third kappa shape index (κ3) is 5.80. The molecule has 1 heterocycles. The van der Waals surface area contributed by atoms with E-state index >= 15 is 0 Å². The van der Waals surface area contributed by atoms with Crippen molar-refractivity contribution in [3.05, 3.63) is 107 Å². The second kappa shape index (κ2) is 15.3. The minimum Gasteiger partial charge on any atom is -0.487 e. The molecule has 308 valence electrons. The number of fused-ring (bicyclic) bond motifs is 12. The Morgan fingerprint density at radius 1 is 0.638 bits per heavy atom. The molecule has 4 fully saturated rings. The van der Waals surface area contributed by atoms with Gasteiger partial charge in [0.05, 0.1) is 6.04 Å². The molecule has 3 nitrogen and oxygen atoms in total. The molecule has 14 unspecified atom stereocenters. The van der Waals surface area contributed by atoms with Crippen LogP contribution >= 0.6 is 0 Å². The van der Waals surface area contributed by atoms with Crippen LogP contribution in [0.25, 0.3) is 0 Å². The molecule has 4 saturated carbocycles. The van der Waals surface area contributed by atoms with Crippen molar-refractivity contribution in [3.8, 4) is 0 Å². The molecule has 12 aliphatic rings. The summed E-state index contributed by atoms with van der Waals surface area (Å²) in [4.78, 5) is 3.07. The summed E-state index contributed by atoms with van der Waals surface area (Å²) in [6.45, 7) is 0. The number of nitrogens with one attached hydrogen (secondary N) is 1. The van der Waals surface area contributed by atoms with Crippen molar-refractivity contribution in [1.29, 1.82) is 0 Å². The second-order valence-electron chi connectivity index (χ2n) is 21.4. The number of hydrogen-bond acceptors (Lipinski definition) is 3. The minimum absolute atomic E-state index is 0.163. The van der Waals surface area contributed by atoms with Crippen LogP contribution in [0.5, 0.6) is 0 Å². The van der Waals surface area contributed by atoms with Crippen LogP contribution in [0, 0.1) is 58.7 Å². The van der Waals surface area contributed by atoms with E-state index in [1.165, 1.54) is 146 Å². The Balaban J connectivity index is 0.907.